The number of alkyl halides is 3. The van der Waals surface area contributed by atoms with Crippen molar-refractivity contribution in [3.05, 3.63) is 0 Å². The maximum absolute atomic E-state index is 12.2. The molecule has 7 heteroatoms. The Labute approximate surface area is 84.2 Å². The zero-order valence-electron chi connectivity index (χ0n) is 8.10. The molecular weight excluding hydrogens is 213 g/mol. The van der Waals surface area contributed by atoms with Crippen molar-refractivity contribution in [2.75, 3.05) is 6.54 Å². The fourth-order valence-electron chi connectivity index (χ4n) is 1.70. The number of nitrogens with two attached hydrogens (primary N) is 1. The number of likely N-dealkylation sites (tertiary alicyclic amines) is 1. The van der Waals surface area contributed by atoms with Crippen molar-refractivity contribution in [2.24, 2.45) is 5.73 Å². The van der Waals surface area contributed by atoms with Crippen LogP contribution < -0.4 is 5.73 Å². The van der Waals surface area contributed by atoms with E-state index in [1.807, 2.05) is 0 Å². The maximum atomic E-state index is 12.2. The minimum absolute atomic E-state index is 0.0855. The van der Waals surface area contributed by atoms with Gasteiger partial charge in [-0.2, -0.15) is 13.2 Å². The van der Waals surface area contributed by atoms with Crippen molar-refractivity contribution in [1.29, 1.82) is 0 Å². The number of carbonyl (C=O) groups is 2. The SMILES string of the molecule is C[C@@]1(C(N)=O)CCCN1C(=O)C(F)(F)F. The van der Waals surface area contributed by atoms with E-state index in [4.69, 9.17) is 5.73 Å². The van der Waals surface area contributed by atoms with E-state index in [1.165, 1.54) is 6.92 Å². The van der Waals surface area contributed by atoms with Gasteiger partial charge in [0.25, 0.3) is 0 Å². The first kappa shape index (κ1) is 11.8. The molecule has 2 N–H and O–H groups in total. The van der Waals surface area contributed by atoms with E-state index in [9.17, 15) is 22.8 Å². The molecule has 0 aromatic heterocycles. The molecule has 1 atom stereocenters. The van der Waals surface area contributed by atoms with E-state index in [0.29, 0.717) is 11.3 Å². The summed E-state index contributed by atoms with van der Waals surface area (Å²) in [7, 11) is 0. The molecule has 1 aliphatic rings. The van der Waals surface area contributed by atoms with E-state index in [-0.39, 0.29) is 13.0 Å². The second-order valence-electron chi connectivity index (χ2n) is 3.70. The first-order chi connectivity index (χ1) is 6.69. The molecule has 4 nitrogen and oxygen atoms in total. The van der Waals surface area contributed by atoms with Gasteiger partial charge in [0.2, 0.25) is 5.91 Å². The smallest absolute Gasteiger partial charge is 0.368 e. The van der Waals surface area contributed by atoms with Gasteiger partial charge in [0.05, 0.1) is 0 Å². The molecule has 1 aliphatic heterocycles. The average molecular weight is 224 g/mol. The number of amides is 2. The molecule has 2 amide bonds. The molecule has 0 aromatic rings. The summed E-state index contributed by atoms with van der Waals surface area (Å²) in [6.45, 7) is 1.17. The lowest BCUT2D eigenvalue weighted by Gasteiger charge is -2.32. The Morgan fingerprint density at radius 3 is 2.33 bits per heavy atom. The third-order valence-electron chi connectivity index (χ3n) is 2.66. The van der Waals surface area contributed by atoms with Gasteiger partial charge in [-0.3, -0.25) is 9.59 Å². The van der Waals surface area contributed by atoms with Crippen LogP contribution in [0.2, 0.25) is 0 Å². The van der Waals surface area contributed by atoms with E-state index < -0.39 is 23.5 Å². The van der Waals surface area contributed by atoms with Crippen LogP contribution in [0.3, 0.4) is 0 Å². The average Bonchev–Trinajstić information content (AvgIpc) is 2.45. The molecule has 0 spiro atoms. The summed E-state index contributed by atoms with van der Waals surface area (Å²) in [4.78, 5) is 22.5. The van der Waals surface area contributed by atoms with Crippen LogP contribution in [0.1, 0.15) is 19.8 Å². The molecule has 0 unspecified atom stereocenters. The van der Waals surface area contributed by atoms with Gasteiger partial charge >= 0.3 is 12.1 Å². The quantitative estimate of drug-likeness (QED) is 0.701. The van der Waals surface area contributed by atoms with Crippen molar-refractivity contribution in [1.82, 2.24) is 4.90 Å². The Morgan fingerprint density at radius 2 is 1.93 bits per heavy atom. The largest absolute Gasteiger partial charge is 0.471 e. The molecule has 15 heavy (non-hydrogen) atoms. The molecule has 0 aromatic carbocycles. The van der Waals surface area contributed by atoms with E-state index in [1.54, 1.807) is 0 Å². The van der Waals surface area contributed by atoms with Gasteiger partial charge in [0.1, 0.15) is 5.54 Å². The molecule has 0 radical (unpaired) electrons. The van der Waals surface area contributed by atoms with Crippen LogP contribution in [-0.4, -0.2) is 35.0 Å². The highest BCUT2D eigenvalue weighted by Crippen LogP contribution is 2.32. The lowest BCUT2D eigenvalue weighted by atomic mass is 9.98. The summed E-state index contributed by atoms with van der Waals surface area (Å²) >= 11 is 0. The van der Waals surface area contributed by atoms with Gasteiger partial charge < -0.3 is 10.6 Å². The van der Waals surface area contributed by atoms with Crippen LogP contribution in [0, 0.1) is 0 Å². The Morgan fingerprint density at radius 1 is 1.40 bits per heavy atom. The molecule has 1 rings (SSSR count). The molecule has 1 fully saturated rings. The van der Waals surface area contributed by atoms with Crippen molar-refractivity contribution >= 4 is 11.8 Å². The lowest BCUT2D eigenvalue weighted by Crippen LogP contribution is -2.56. The van der Waals surface area contributed by atoms with Crippen LogP contribution in [0.15, 0.2) is 0 Å². The first-order valence-corrected chi connectivity index (χ1v) is 4.38. The van der Waals surface area contributed by atoms with E-state index in [2.05, 4.69) is 0 Å². The highest BCUT2D eigenvalue weighted by Gasteiger charge is 2.52. The molecule has 1 saturated heterocycles. The predicted molar refractivity (Wildman–Crippen MR) is 44.6 cm³/mol. The highest BCUT2D eigenvalue weighted by atomic mass is 19.4. The fourth-order valence-corrected chi connectivity index (χ4v) is 1.70. The monoisotopic (exact) mass is 224 g/mol. The van der Waals surface area contributed by atoms with E-state index >= 15 is 0 Å². The maximum Gasteiger partial charge on any atom is 0.471 e. The van der Waals surface area contributed by atoms with Crippen molar-refractivity contribution in [3.8, 4) is 0 Å². The van der Waals surface area contributed by atoms with Crippen molar-refractivity contribution in [3.63, 3.8) is 0 Å². The van der Waals surface area contributed by atoms with Crippen LogP contribution >= 0.6 is 0 Å². The van der Waals surface area contributed by atoms with Gasteiger partial charge in [0.15, 0.2) is 0 Å². The molecule has 0 saturated carbocycles. The van der Waals surface area contributed by atoms with Crippen LogP contribution in [0.5, 0.6) is 0 Å². The highest BCUT2D eigenvalue weighted by molar-refractivity contribution is 5.92. The van der Waals surface area contributed by atoms with Crippen LogP contribution in [-0.2, 0) is 9.59 Å². The lowest BCUT2D eigenvalue weighted by molar-refractivity contribution is -0.189. The predicted octanol–water partition coefficient (Wildman–Crippen LogP) is 0.415. The van der Waals surface area contributed by atoms with E-state index in [0.717, 1.165) is 0 Å². The number of hydrogen-bond donors (Lipinski definition) is 1. The molecule has 0 bridgehead atoms. The minimum Gasteiger partial charge on any atom is -0.368 e. The Bertz CT molecular complexity index is 303. The molecule has 0 aliphatic carbocycles. The number of carbonyl (C=O) groups excluding carboxylic acids is 2. The zero-order valence-corrected chi connectivity index (χ0v) is 8.10. The topological polar surface area (TPSA) is 63.4 Å². The number of nitrogens with zero attached hydrogens (tertiary/aromatic N) is 1. The molecule has 1 heterocycles. The Kier molecular flexibility index (Phi) is 2.67. The van der Waals surface area contributed by atoms with Crippen LogP contribution in [0.25, 0.3) is 0 Å². The van der Waals surface area contributed by atoms with Crippen molar-refractivity contribution in [2.45, 2.75) is 31.5 Å². The number of rotatable bonds is 1. The molecular formula is C8H11F3N2O2. The van der Waals surface area contributed by atoms with Gasteiger partial charge in [-0.25, -0.2) is 0 Å². The first-order valence-electron chi connectivity index (χ1n) is 4.38. The minimum atomic E-state index is -4.96. The summed E-state index contributed by atoms with van der Waals surface area (Å²) < 4.78 is 36.5. The molecule has 86 valence electrons. The van der Waals surface area contributed by atoms with Crippen LogP contribution in [0.4, 0.5) is 13.2 Å². The third kappa shape index (κ3) is 1.91. The summed E-state index contributed by atoms with van der Waals surface area (Å²) in [5.74, 6) is -2.90. The van der Waals surface area contributed by atoms with Gasteiger partial charge in [-0.1, -0.05) is 0 Å². The Hall–Kier alpha value is -1.27. The number of hydrogen-bond acceptors (Lipinski definition) is 2. The van der Waals surface area contributed by atoms with Crippen molar-refractivity contribution < 1.29 is 22.8 Å². The number of halogens is 3. The van der Waals surface area contributed by atoms with Gasteiger partial charge in [-0.15, -0.1) is 0 Å². The standard InChI is InChI=1S/C8H11F3N2O2/c1-7(5(12)14)3-2-4-13(7)6(15)8(9,10)11/h2-4H2,1H3,(H2,12,14)/t7-/m0/s1. The fraction of sp³-hybridized carbons (Fsp3) is 0.750. The summed E-state index contributed by atoms with van der Waals surface area (Å²) in [5.41, 5.74) is 3.50. The third-order valence-corrected chi connectivity index (χ3v) is 2.66. The summed E-state index contributed by atoms with van der Waals surface area (Å²) in [5, 5.41) is 0. The number of primary amides is 1. The van der Waals surface area contributed by atoms with Gasteiger partial charge in [-0.05, 0) is 19.8 Å². The normalized spacial score (nSPS) is 26.8. The summed E-state index contributed by atoms with van der Waals surface area (Å²) in [6.07, 6.45) is -4.44. The van der Waals surface area contributed by atoms with Gasteiger partial charge in [0, 0.05) is 6.54 Å². The zero-order chi connectivity index (χ0) is 11.9. The second kappa shape index (κ2) is 3.39. The Balaban J connectivity index is 2.96. The summed E-state index contributed by atoms with van der Waals surface area (Å²) in [6, 6.07) is 0. The second-order valence-corrected chi connectivity index (χ2v) is 3.70.